The number of aryl methyl sites for hydroxylation is 1. The number of carbonyl (C=O) groups is 1. The van der Waals surface area contributed by atoms with Crippen LogP contribution in [0.5, 0.6) is 0 Å². The van der Waals surface area contributed by atoms with Gasteiger partial charge < -0.3 is 5.32 Å². The lowest BCUT2D eigenvalue weighted by atomic mass is 10.2. The predicted molar refractivity (Wildman–Crippen MR) is 88.0 cm³/mol. The molecule has 0 aliphatic heterocycles. The van der Waals surface area contributed by atoms with Crippen molar-refractivity contribution in [2.45, 2.75) is 38.6 Å². The number of hydrogen-bond acceptors (Lipinski definition) is 3. The van der Waals surface area contributed by atoms with Crippen LogP contribution in [0.2, 0.25) is 0 Å². The van der Waals surface area contributed by atoms with Crippen LogP contribution in [0.25, 0.3) is 0 Å². The predicted octanol–water partition coefficient (Wildman–Crippen LogP) is 3.97. The van der Waals surface area contributed by atoms with Gasteiger partial charge in [-0.05, 0) is 50.3 Å². The molecular formula is C16H21N3OS. The van der Waals surface area contributed by atoms with Gasteiger partial charge in [-0.3, -0.25) is 9.48 Å². The molecule has 0 radical (unpaired) electrons. The lowest BCUT2D eigenvalue weighted by Gasteiger charge is -2.06. The van der Waals surface area contributed by atoms with Crippen molar-refractivity contribution in [1.82, 2.24) is 9.78 Å². The Hall–Kier alpha value is -1.75. The molecule has 1 amide bonds. The number of rotatable bonds is 6. The van der Waals surface area contributed by atoms with Gasteiger partial charge in [0.1, 0.15) is 0 Å². The van der Waals surface area contributed by atoms with E-state index in [0.29, 0.717) is 5.56 Å². The summed E-state index contributed by atoms with van der Waals surface area (Å²) in [6.45, 7) is 6.85. The number of anilines is 1. The Labute approximate surface area is 129 Å². The topological polar surface area (TPSA) is 46.9 Å². The monoisotopic (exact) mass is 303 g/mol. The summed E-state index contributed by atoms with van der Waals surface area (Å²) >= 11 is 1.83. The minimum atomic E-state index is -0.110. The second-order valence-corrected chi connectivity index (χ2v) is 5.95. The van der Waals surface area contributed by atoms with Gasteiger partial charge >= 0.3 is 0 Å². The number of hydrogen-bond donors (Lipinski definition) is 1. The maximum absolute atomic E-state index is 12.3. The second-order valence-electron chi connectivity index (χ2n) is 4.79. The summed E-state index contributed by atoms with van der Waals surface area (Å²) in [5.74, 6) is 1.00. The lowest BCUT2D eigenvalue weighted by molar-refractivity contribution is 0.102. The summed E-state index contributed by atoms with van der Waals surface area (Å²) < 4.78 is 1.82. The Morgan fingerprint density at radius 1 is 1.29 bits per heavy atom. The van der Waals surface area contributed by atoms with Crippen LogP contribution in [0.4, 0.5) is 5.69 Å². The molecule has 0 atom stereocenters. The summed E-state index contributed by atoms with van der Waals surface area (Å²) in [5.41, 5.74) is 2.33. The van der Waals surface area contributed by atoms with Gasteiger partial charge in [-0.2, -0.15) is 5.10 Å². The van der Waals surface area contributed by atoms with E-state index in [2.05, 4.69) is 17.3 Å². The Kier molecular flexibility index (Phi) is 5.44. The van der Waals surface area contributed by atoms with Crippen molar-refractivity contribution in [3.63, 3.8) is 0 Å². The molecule has 0 aliphatic carbocycles. The molecule has 1 aromatic heterocycles. The van der Waals surface area contributed by atoms with Crippen LogP contribution in [0, 0.1) is 6.92 Å². The number of thioether (sulfide) groups is 1. The molecule has 0 bridgehead atoms. The highest BCUT2D eigenvalue weighted by atomic mass is 32.2. The molecule has 0 unspecified atom stereocenters. The highest BCUT2D eigenvalue weighted by Gasteiger charge is 2.13. The van der Waals surface area contributed by atoms with Gasteiger partial charge in [-0.1, -0.05) is 6.92 Å². The Balaban J connectivity index is 2.03. The fourth-order valence-electron chi connectivity index (χ4n) is 2.04. The van der Waals surface area contributed by atoms with Crippen LogP contribution < -0.4 is 5.32 Å². The third kappa shape index (κ3) is 3.88. The van der Waals surface area contributed by atoms with Gasteiger partial charge in [0.2, 0.25) is 0 Å². The van der Waals surface area contributed by atoms with Crippen LogP contribution in [0.15, 0.2) is 35.4 Å². The molecule has 21 heavy (non-hydrogen) atoms. The first kappa shape index (κ1) is 15.6. The van der Waals surface area contributed by atoms with Gasteiger partial charge in [0.25, 0.3) is 5.91 Å². The van der Waals surface area contributed by atoms with Crippen LogP contribution in [0.1, 0.15) is 36.3 Å². The zero-order valence-electron chi connectivity index (χ0n) is 12.7. The highest BCUT2D eigenvalue weighted by molar-refractivity contribution is 7.99. The summed E-state index contributed by atoms with van der Waals surface area (Å²) in [6, 6.07) is 7.96. The maximum atomic E-state index is 12.3. The van der Waals surface area contributed by atoms with E-state index in [0.717, 1.165) is 30.1 Å². The van der Waals surface area contributed by atoms with E-state index in [1.165, 1.54) is 4.90 Å². The Morgan fingerprint density at radius 3 is 2.57 bits per heavy atom. The van der Waals surface area contributed by atoms with E-state index < -0.39 is 0 Å². The van der Waals surface area contributed by atoms with Crippen molar-refractivity contribution in [3.8, 4) is 0 Å². The van der Waals surface area contributed by atoms with Gasteiger partial charge in [0.05, 0.1) is 11.8 Å². The van der Waals surface area contributed by atoms with Crippen molar-refractivity contribution in [1.29, 1.82) is 0 Å². The average Bonchev–Trinajstić information content (AvgIpc) is 2.87. The fraction of sp³-hybridized carbons (Fsp3) is 0.375. The van der Waals surface area contributed by atoms with Crippen molar-refractivity contribution >= 4 is 23.4 Å². The molecule has 1 N–H and O–H groups in total. The number of amides is 1. The van der Waals surface area contributed by atoms with Crippen LogP contribution in [-0.2, 0) is 6.54 Å². The number of benzene rings is 1. The van der Waals surface area contributed by atoms with Crippen LogP contribution in [0.3, 0.4) is 0 Å². The SMILES string of the molecule is CCCSc1ccc(NC(=O)c2cnn(CC)c2C)cc1. The van der Waals surface area contributed by atoms with E-state index in [4.69, 9.17) is 0 Å². The van der Waals surface area contributed by atoms with Crippen LogP contribution >= 0.6 is 11.8 Å². The first-order chi connectivity index (χ1) is 10.2. The molecule has 112 valence electrons. The smallest absolute Gasteiger partial charge is 0.259 e. The molecule has 0 fully saturated rings. The molecule has 5 heteroatoms. The fourth-order valence-corrected chi connectivity index (χ4v) is 2.81. The lowest BCUT2D eigenvalue weighted by Crippen LogP contribution is -2.13. The average molecular weight is 303 g/mol. The summed E-state index contributed by atoms with van der Waals surface area (Å²) in [4.78, 5) is 13.5. The number of nitrogens with one attached hydrogen (secondary N) is 1. The molecule has 0 saturated carbocycles. The second kappa shape index (κ2) is 7.31. The Bertz CT molecular complexity index is 604. The number of nitrogens with zero attached hydrogens (tertiary/aromatic N) is 2. The standard InChI is InChI=1S/C16H21N3OS/c1-4-10-21-14-8-6-13(7-9-14)18-16(20)15-11-17-19(5-2)12(15)3/h6-9,11H,4-5,10H2,1-3H3,(H,18,20). The molecular weight excluding hydrogens is 282 g/mol. The molecule has 2 rings (SSSR count). The summed E-state index contributed by atoms with van der Waals surface area (Å²) in [5, 5.41) is 7.12. The van der Waals surface area contributed by atoms with Crippen molar-refractivity contribution in [2.24, 2.45) is 0 Å². The van der Waals surface area contributed by atoms with E-state index >= 15 is 0 Å². The zero-order valence-corrected chi connectivity index (χ0v) is 13.5. The molecule has 4 nitrogen and oxygen atoms in total. The minimum Gasteiger partial charge on any atom is -0.322 e. The van der Waals surface area contributed by atoms with Crippen molar-refractivity contribution in [2.75, 3.05) is 11.1 Å². The van der Waals surface area contributed by atoms with Gasteiger partial charge in [0, 0.05) is 22.8 Å². The van der Waals surface area contributed by atoms with Crippen molar-refractivity contribution in [3.05, 3.63) is 41.7 Å². The summed E-state index contributed by atoms with van der Waals surface area (Å²) in [7, 11) is 0. The number of carbonyl (C=O) groups excluding carboxylic acids is 1. The molecule has 0 aliphatic rings. The van der Waals surface area contributed by atoms with E-state index in [9.17, 15) is 4.79 Å². The molecule has 1 aromatic carbocycles. The molecule has 2 aromatic rings. The highest BCUT2D eigenvalue weighted by Crippen LogP contribution is 2.21. The van der Waals surface area contributed by atoms with Crippen LogP contribution in [-0.4, -0.2) is 21.4 Å². The quantitative estimate of drug-likeness (QED) is 0.821. The first-order valence-corrected chi connectivity index (χ1v) is 8.20. The third-order valence-corrected chi connectivity index (χ3v) is 4.45. The molecule has 1 heterocycles. The van der Waals surface area contributed by atoms with E-state index in [1.54, 1.807) is 6.20 Å². The number of aromatic nitrogens is 2. The van der Waals surface area contributed by atoms with Crippen molar-refractivity contribution < 1.29 is 4.79 Å². The normalized spacial score (nSPS) is 10.6. The third-order valence-electron chi connectivity index (χ3n) is 3.23. The summed E-state index contributed by atoms with van der Waals surface area (Å²) in [6.07, 6.45) is 2.78. The van der Waals surface area contributed by atoms with Gasteiger partial charge in [-0.15, -0.1) is 11.8 Å². The Morgan fingerprint density at radius 2 is 2.00 bits per heavy atom. The van der Waals surface area contributed by atoms with E-state index in [-0.39, 0.29) is 5.91 Å². The minimum absolute atomic E-state index is 0.110. The molecule has 0 saturated heterocycles. The molecule has 0 spiro atoms. The largest absolute Gasteiger partial charge is 0.322 e. The zero-order chi connectivity index (χ0) is 15.2. The first-order valence-electron chi connectivity index (χ1n) is 7.22. The maximum Gasteiger partial charge on any atom is 0.259 e. The van der Waals surface area contributed by atoms with Gasteiger partial charge in [0.15, 0.2) is 0 Å². The van der Waals surface area contributed by atoms with E-state index in [1.807, 2.05) is 54.6 Å². The van der Waals surface area contributed by atoms with Gasteiger partial charge in [-0.25, -0.2) is 0 Å².